The van der Waals surface area contributed by atoms with Crippen molar-refractivity contribution in [1.82, 2.24) is 0 Å². The third kappa shape index (κ3) is 3.60. The Labute approximate surface area is 84.9 Å². The predicted octanol–water partition coefficient (Wildman–Crippen LogP) is 3.86. The van der Waals surface area contributed by atoms with E-state index in [1.807, 2.05) is 12.2 Å². The van der Waals surface area contributed by atoms with Crippen molar-refractivity contribution in [3.05, 3.63) is 30.2 Å². The summed E-state index contributed by atoms with van der Waals surface area (Å²) >= 11 is 0. The molecule has 0 atom stereocenters. The second-order valence-corrected chi connectivity index (χ2v) is 3.26. The largest absolute Gasteiger partial charge is 0.500 e. The average molecular weight is 193 g/mol. The lowest BCUT2D eigenvalue weighted by Gasteiger charge is -1.90. The molecule has 1 rings (SSSR count). The van der Waals surface area contributed by atoms with Crippen LogP contribution in [0.4, 0.5) is 0 Å². The van der Waals surface area contributed by atoms with Crippen LogP contribution >= 0.6 is 0 Å². The molecule has 0 saturated carbocycles. The van der Waals surface area contributed by atoms with Gasteiger partial charge in [-0.2, -0.15) is 0 Å². The van der Waals surface area contributed by atoms with Crippen molar-refractivity contribution < 1.29 is 9.52 Å². The molecule has 0 radical (unpaired) electrons. The van der Waals surface area contributed by atoms with Crippen LogP contribution in [0.5, 0.6) is 5.75 Å². The van der Waals surface area contributed by atoms with Crippen molar-refractivity contribution in [2.24, 2.45) is 0 Å². The highest BCUT2D eigenvalue weighted by Crippen LogP contribution is 2.17. The molecule has 0 aliphatic carbocycles. The van der Waals surface area contributed by atoms with Crippen LogP contribution in [-0.2, 0) is 0 Å². The lowest BCUT2D eigenvalue weighted by molar-refractivity contribution is 0.429. The van der Waals surface area contributed by atoms with Crippen LogP contribution in [0, 0.1) is 0 Å². The Bertz CT molecular complexity index is 292. The molecular weight excluding hydrogens is 176 g/mol. The molecule has 0 saturated heterocycles. The first kappa shape index (κ1) is 10.8. The van der Waals surface area contributed by atoms with Crippen LogP contribution in [0.15, 0.2) is 28.9 Å². The average Bonchev–Trinajstić information content (AvgIpc) is 2.20. The Kier molecular flexibility index (Phi) is 4.76. The van der Waals surface area contributed by atoms with Crippen LogP contribution in [0.25, 0.3) is 6.08 Å². The molecule has 2 nitrogen and oxygen atoms in total. The first-order valence-corrected chi connectivity index (χ1v) is 5.11. The zero-order valence-corrected chi connectivity index (χ0v) is 8.57. The van der Waals surface area contributed by atoms with Crippen molar-refractivity contribution >= 4 is 6.08 Å². The van der Waals surface area contributed by atoms with Crippen molar-refractivity contribution in [1.29, 1.82) is 0 Å². The quantitative estimate of drug-likeness (QED) is 0.568. The highest BCUT2D eigenvalue weighted by Gasteiger charge is 2.07. The third-order valence-electron chi connectivity index (χ3n) is 2.02. The molecule has 0 aliphatic heterocycles. The van der Waals surface area contributed by atoms with Gasteiger partial charge in [-0.05, 0) is 18.9 Å². The molecule has 1 N–H and O–H groups in total. The Morgan fingerprint density at radius 1 is 1.43 bits per heavy atom. The monoisotopic (exact) mass is 193 g/mol. The molecule has 76 valence electrons. The van der Waals surface area contributed by atoms with Gasteiger partial charge in [-0.3, -0.25) is 0 Å². The minimum Gasteiger partial charge on any atom is -0.500 e. The zero-order chi connectivity index (χ0) is 10.2. The molecule has 0 aromatic carbocycles. The molecule has 1 heterocycles. The van der Waals surface area contributed by atoms with Crippen LogP contribution < -0.4 is 0 Å². The van der Waals surface area contributed by atoms with Gasteiger partial charge in [0.25, 0.3) is 0 Å². The maximum atomic E-state index is 9.37. The van der Waals surface area contributed by atoms with E-state index in [9.17, 15) is 5.11 Å². The molecule has 0 unspecified atom stereocenters. The van der Waals surface area contributed by atoms with Crippen molar-refractivity contribution in [3.63, 3.8) is 0 Å². The van der Waals surface area contributed by atoms with E-state index in [-0.39, 0.29) is 5.75 Å². The lowest BCUT2D eigenvalue weighted by Crippen LogP contribution is -1.74. The van der Waals surface area contributed by atoms with Crippen molar-refractivity contribution in [2.45, 2.75) is 32.6 Å². The number of hydrogen-bond donors (Lipinski definition) is 1. The van der Waals surface area contributed by atoms with E-state index in [1.165, 1.54) is 19.3 Å². The van der Waals surface area contributed by atoms with Crippen LogP contribution in [0.2, 0.25) is 0 Å². The second kappa shape index (κ2) is 6.19. The summed E-state index contributed by atoms with van der Waals surface area (Å²) in [4.78, 5) is 0. The van der Waals surface area contributed by atoms with Crippen molar-refractivity contribution in [2.75, 3.05) is 0 Å². The molecule has 2 heteroatoms. The summed E-state index contributed by atoms with van der Waals surface area (Å²) in [7, 11) is 0. The van der Waals surface area contributed by atoms with E-state index in [0.29, 0.717) is 5.76 Å². The van der Waals surface area contributed by atoms with E-state index in [2.05, 4.69) is 6.92 Å². The van der Waals surface area contributed by atoms with Gasteiger partial charge < -0.3 is 5.11 Å². The summed E-state index contributed by atoms with van der Waals surface area (Å²) in [6.07, 6.45) is 10.1. The Balaban J connectivity index is 2.40. The summed E-state index contributed by atoms with van der Waals surface area (Å²) in [6, 6.07) is 3.29. The van der Waals surface area contributed by atoms with Gasteiger partial charge in [0, 0.05) is 12.1 Å². The molecule has 0 aliphatic rings. The van der Waals surface area contributed by atoms with Crippen molar-refractivity contribution in [3.8, 4) is 5.75 Å². The number of aromatic hydroxyl groups is 1. The molecular formula is C12H17O2+. The SMILES string of the molecule is CCCCCC=Cc1[o+]cccc1O. The molecule has 0 bridgehead atoms. The Morgan fingerprint density at radius 2 is 2.29 bits per heavy atom. The first-order valence-electron chi connectivity index (χ1n) is 5.11. The maximum absolute atomic E-state index is 9.37. The smallest absolute Gasteiger partial charge is 0.393 e. The topological polar surface area (TPSA) is 31.5 Å². The standard InChI is InChI=1S/C12H16O2/c1-2-3-4-5-6-9-12-11(13)8-7-10-14-12/h6-10H,2-5H2,1H3/p+1. The molecule has 1 aromatic heterocycles. The minimum atomic E-state index is 0.194. The predicted molar refractivity (Wildman–Crippen MR) is 58.0 cm³/mol. The summed E-state index contributed by atoms with van der Waals surface area (Å²) in [6.45, 7) is 2.18. The fourth-order valence-corrected chi connectivity index (χ4v) is 1.21. The van der Waals surface area contributed by atoms with Gasteiger partial charge in [-0.15, -0.1) is 0 Å². The highest BCUT2D eigenvalue weighted by molar-refractivity contribution is 5.49. The fourth-order valence-electron chi connectivity index (χ4n) is 1.21. The zero-order valence-electron chi connectivity index (χ0n) is 8.57. The Morgan fingerprint density at radius 3 is 3.00 bits per heavy atom. The van der Waals surface area contributed by atoms with E-state index in [1.54, 1.807) is 18.4 Å². The molecule has 1 aromatic rings. The number of allylic oxidation sites excluding steroid dienone is 1. The highest BCUT2D eigenvalue weighted by atomic mass is 16.3. The Hall–Kier alpha value is -1.31. The summed E-state index contributed by atoms with van der Waals surface area (Å²) < 4.78 is 5.13. The van der Waals surface area contributed by atoms with E-state index in [0.717, 1.165) is 6.42 Å². The lowest BCUT2D eigenvalue weighted by atomic mass is 10.2. The number of unbranched alkanes of at least 4 members (excludes halogenated alkanes) is 3. The minimum absolute atomic E-state index is 0.194. The molecule has 0 spiro atoms. The number of rotatable bonds is 5. The molecule has 0 fully saturated rings. The van der Waals surface area contributed by atoms with E-state index >= 15 is 0 Å². The van der Waals surface area contributed by atoms with Gasteiger partial charge in [0.1, 0.15) is 0 Å². The fraction of sp³-hybridized carbons (Fsp3) is 0.417. The molecule has 14 heavy (non-hydrogen) atoms. The summed E-state index contributed by atoms with van der Waals surface area (Å²) in [5, 5.41) is 9.37. The summed E-state index contributed by atoms with van der Waals surface area (Å²) in [5.74, 6) is 0.725. The first-order chi connectivity index (χ1) is 6.84. The number of hydrogen-bond acceptors (Lipinski definition) is 1. The third-order valence-corrected chi connectivity index (χ3v) is 2.02. The van der Waals surface area contributed by atoms with E-state index in [4.69, 9.17) is 4.42 Å². The maximum Gasteiger partial charge on any atom is 0.393 e. The second-order valence-electron chi connectivity index (χ2n) is 3.26. The van der Waals surface area contributed by atoms with Crippen LogP contribution in [0.3, 0.4) is 0 Å². The van der Waals surface area contributed by atoms with Crippen LogP contribution in [-0.4, -0.2) is 5.11 Å². The normalized spacial score (nSPS) is 10.9. The van der Waals surface area contributed by atoms with Crippen LogP contribution in [0.1, 0.15) is 38.4 Å². The van der Waals surface area contributed by atoms with Gasteiger partial charge in [-0.25, -0.2) is 4.42 Å². The van der Waals surface area contributed by atoms with Gasteiger partial charge in [0.05, 0.1) is 0 Å². The summed E-state index contributed by atoms with van der Waals surface area (Å²) in [5.41, 5.74) is 0. The molecule has 0 amide bonds. The van der Waals surface area contributed by atoms with Gasteiger partial charge in [0.15, 0.2) is 0 Å². The van der Waals surface area contributed by atoms with E-state index < -0.39 is 0 Å². The van der Waals surface area contributed by atoms with Gasteiger partial charge in [-0.1, -0.05) is 25.8 Å². The van der Waals surface area contributed by atoms with Gasteiger partial charge in [0.2, 0.25) is 5.75 Å². The van der Waals surface area contributed by atoms with Gasteiger partial charge >= 0.3 is 12.0 Å².